The largest absolute Gasteiger partial charge is 0.462 e. The standard InChI is InChI=1S/C20H24N2O5S/c1-6-27-20(24)16-8-7-9-17(14(16)3)21-19(23)15-10-11-18(13(2)12-15)22(4)28(5,25)26/h7-12H,6H2,1-5H3,(H,21,23). The number of hydrogen-bond acceptors (Lipinski definition) is 5. The van der Waals surface area contributed by atoms with Crippen molar-refractivity contribution in [2.24, 2.45) is 0 Å². The van der Waals surface area contributed by atoms with Gasteiger partial charge in [-0.15, -0.1) is 0 Å². The van der Waals surface area contributed by atoms with E-state index in [0.717, 1.165) is 10.6 Å². The number of nitrogens with one attached hydrogen (secondary N) is 1. The van der Waals surface area contributed by atoms with Crippen LogP contribution in [0.1, 0.15) is 38.8 Å². The number of nitrogens with zero attached hydrogens (tertiary/aromatic N) is 1. The van der Waals surface area contributed by atoms with E-state index in [1.807, 2.05) is 0 Å². The lowest BCUT2D eigenvalue weighted by Crippen LogP contribution is -2.25. The van der Waals surface area contributed by atoms with Gasteiger partial charge in [0.1, 0.15) is 0 Å². The Morgan fingerprint density at radius 2 is 1.82 bits per heavy atom. The van der Waals surface area contributed by atoms with Crippen molar-refractivity contribution in [2.75, 3.05) is 29.5 Å². The van der Waals surface area contributed by atoms with Gasteiger partial charge in [0.2, 0.25) is 10.0 Å². The average Bonchev–Trinajstić information content (AvgIpc) is 2.62. The number of carbonyl (C=O) groups excluding carboxylic acids is 2. The molecule has 28 heavy (non-hydrogen) atoms. The van der Waals surface area contributed by atoms with Gasteiger partial charge in [-0.25, -0.2) is 13.2 Å². The smallest absolute Gasteiger partial charge is 0.338 e. The Kier molecular flexibility index (Phi) is 6.45. The number of ether oxygens (including phenoxy) is 1. The van der Waals surface area contributed by atoms with Crippen LogP contribution >= 0.6 is 0 Å². The molecule has 0 radical (unpaired) electrons. The summed E-state index contributed by atoms with van der Waals surface area (Å²) in [5.41, 5.74) is 3.03. The van der Waals surface area contributed by atoms with E-state index >= 15 is 0 Å². The molecule has 7 nitrogen and oxygen atoms in total. The fraction of sp³-hybridized carbons (Fsp3) is 0.300. The maximum atomic E-state index is 12.6. The van der Waals surface area contributed by atoms with Crippen LogP contribution in [0.3, 0.4) is 0 Å². The Hall–Kier alpha value is -2.87. The first-order valence-electron chi connectivity index (χ1n) is 8.69. The van der Waals surface area contributed by atoms with Gasteiger partial charge in [0.25, 0.3) is 5.91 Å². The highest BCUT2D eigenvalue weighted by molar-refractivity contribution is 7.92. The molecule has 0 atom stereocenters. The molecule has 0 aliphatic carbocycles. The summed E-state index contributed by atoms with van der Waals surface area (Å²) in [5, 5.41) is 2.79. The fourth-order valence-corrected chi connectivity index (χ4v) is 3.29. The minimum absolute atomic E-state index is 0.266. The summed E-state index contributed by atoms with van der Waals surface area (Å²) in [7, 11) is -1.93. The number of hydrogen-bond donors (Lipinski definition) is 1. The van der Waals surface area contributed by atoms with Crippen LogP contribution in [-0.2, 0) is 14.8 Å². The Bertz CT molecular complexity index is 1020. The van der Waals surface area contributed by atoms with E-state index in [0.29, 0.717) is 33.6 Å². The molecule has 150 valence electrons. The normalized spacial score (nSPS) is 11.0. The van der Waals surface area contributed by atoms with Crippen molar-refractivity contribution in [1.29, 1.82) is 0 Å². The van der Waals surface area contributed by atoms with Gasteiger partial charge in [0.05, 0.1) is 24.1 Å². The summed E-state index contributed by atoms with van der Waals surface area (Å²) in [6.07, 6.45) is 1.12. The molecule has 2 rings (SSSR count). The van der Waals surface area contributed by atoms with Crippen LogP contribution in [0.4, 0.5) is 11.4 Å². The van der Waals surface area contributed by atoms with Crippen molar-refractivity contribution in [2.45, 2.75) is 20.8 Å². The number of amides is 1. The van der Waals surface area contributed by atoms with Gasteiger partial charge < -0.3 is 10.1 Å². The van der Waals surface area contributed by atoms with E-state index in [1.165, 1.54) is 7.05 Å². The molecule has 8 heteroatoms. The molecule has 0 aliphatic heterocycles. The first-order chi connectivity index (χ1) is 13.1. The first-order valence-corrected chi connectivity index (χ1v) is 10.5. The quantitative estimate of drug-likeness (QED) is 0.747. The number of benzene rings is 2. The van der Waals surface area contributed by atoms with E-state index in [1.54, 1.807) is 57.2 Å². The van der Waals surface area contributed by atoms with E-state index in [2.05, 4.69) is 5.32 Å². The second-order valence-electron chi connectivity index (χ2n) is 6.38. The molecule has 0 heterocycles. The van der Waals surface area contributed by atoms with Crippen molar-refractivity contribution in [1.82, 2.24) is 0 Å². The highest BCUT2D eigenvalue weighted by Crippen LogP contribution is 2.24. The number of sulfonamides is 1. The van der Waals surface area contributed by atoms with Crippen molar-refractivity contribution in [3.63, 3.8) is 0 Å². The van der Waals surface area contributed by atoms with Gasteiger partial charge in [0, 0.05) is 18.3 Å². The minimum atomic E-state index is -3.39. The molecule has 2 aromatic carbocycles. The zero-order chi connectivity index (χ0) is 21.1. The van der Waals surface area contributed by atoms with E-state index in [9.17, 15) is 18.0 Å². The maximum absolute atomic E-state index is 12.6. The van der Waals surface area contributed by atoms with Gasteiger partial charge in [-0.1, -0.05) is 6.07 Å². The van der Waals surface area contributed by atoms with Gasteiger partial charge in [0.15, 0.2) is 0 Å². The lowest BCUT2D eigenvalue weighted by molar-refractivity contribution is 0.0525. The van der Waals surface area contributed by atoms with Gasteiger partial charge in [-0.3, -0.25) is 9.10 Å². The lowest BCUT2D eigenvalue weighted by Gasteiger charge is -2.19. The number of anilines is 2. The molecule has 0 bridgehead atoms. The van der Waals surface area contributed by atoms with Crippen molar-refractivity contribution in [3.8, 4) is 0 Å². The summed E-state index contributed by atoms with van der Waals surface area (Å²) in [6, 6.07) is 9.79. The van der Waals surface area contributed by atoms with Crippen LogP contribution in [0.15, 0.2) is 36.4 Å². The second kappa shape index (κ2) is 8.43. The summed E-state index contributed by atoms with van der Waals surface area (Å²) in [4.78, 5) is 24.7. The highest BCUT2D eigenvalue weighted by atomic mass is 32.2. The van der Waals surface area contributed by atoms with Crippen LogP contribution in [0, 0.1) is 13.8 Å². The number of aryl methyl sites for hydroxylation is 1. The minimum Gasteiger partial charge on any atom is -0.462 e. The van der Waals surface area contributed by atoms with Gasteiger partial charge in [-0.05, 0) is 62.2 Å². The topological polar surface area (TPSA) is 92.8 Å². The fourth-order valence-electron chi connectivity index (χ4n) is 2.72. The van der Waals surface area contributed by atoms with Crippen LogP contribution in [0.25, 0.3) is 0 Å². The van der Waals surface area contributed by atoms with Gasteiger partial charge >= 0.3 is 5.97 Å². The number of carbonyl (C=O) groups is 2. The highest BCUT2D eigenvalue weighted by Gasteiger charge is 2.17. The number of esters is 1. The SMILES string of the molecule is CCOC(=O)c1cccc(NC(=O)c2ccc(N(C)S(C)(=O)=O)c(C)c2)c1C. The molecule has 0 unspecified atom stereocenters. The van der Waals surface area contributed by atoms with Crippen LogP contribution in [-0.4, -0.2) is 40.2 Å². The molecule has 0 aromatic heterocycles. The van der Waals surface area contributed by atoms with Crippen LogP contribution < -0.4 is 9.62 Å². The third-order valence-electron chi connectivity index (χ3n) is 4.37. The zero-order valence-electron chi connectivity index (χ0n) is 16.6. The predicted molar refractivity (Wildman–Crippen MR) is 110 cm³/mol. The molecule has 0 spiro atoms. The molecule has 0 saturated heterocycles. The molecular weight excluding hydrogens is 380 g/mol. The van der Waals surface area contributed by atoms with Crippen molar-refractivity contribution >= 4 is 33.3 Å². The van der Waals surface area contributed by atoms with E-state index in [-0.39, 0.29) is 12.5 Å². The summed E-state index contributed by atoms with van der Waals surface area (Å²) in [5.74, 6) is -0.805. The molecule has 0 saturated carbocycles. The molecule has 0 fully saturated rings. The van der Waals surface area contributed by atoms with Crippen molar-refractivity contribution in [3.05, 3.63) is 58.7 Å². The Balaban J connectivity index is 2.28. The lowest BCUT2D eigenvalue weighted by atomic mass is 10.1. The number of rotatable bonds is 6. The molecule has 1 amide bonds. The van der Waals surface area contributed by atoms with E-state index < -0.39 is 16.0 Å². The third kappa shape index (κ3) is 4.69. The average molecular weight is 404 g/mol. The van der Waals surface area contributed by atoms with E-state index in [4.69, 9.17) is 4.74 Å². The third-order valence-corrected chi connectivity index (χ3v) is 5.56. The summed E-state index contributed by atoms with van der Waals surface area (Å²) >= 11 is 0. The monoisotopic (exact) mass is 404 g/mol. The van der Waals surface area contributed by atoms with Gasteiger partial charge in [-0.2, -0.15) is 0 Å². The first kappa shape index (κ1) is 21.4. The van der Waals surface area contributed by atoms with Crippen molar-refractivity contribution < 1.29 is 22.7 Å². The second-order valence-corrected chi connectivity index (χ2v) is 8.40. The zero-order valence-corrected chi connectivity index (χ0v) is 17.4. The Morgan fingerprint density at radius 3 is 2.39 bits per heavy atom. The summed E-state index contributed by atoms with van der Waals surface area (Å²) in [6.45, 7) is 5.46. The Labute approximate surface area is 165 Å². The van der Waals surface area contributed by atoms with Crippen LogP contribution in [0.5, 0.6) is 0 Å². The maximum Gasteiger partial charge on any atom is 0.338 e. The summed E-state index contributed by atoms with van der Waals surface area (Å²) < 4.78 is 29.6. The molecular formula is C20H24N2O5S. The molecule has 2 aromatic rings. The molecule has 1 N–H and O–H groups in total. The Morgan fingerprint density at radius 1 is 1.14 bits per heavy atom. The molecule has 0 aliphatic rings. The van der Waals surface area contributed by atoms with Crippen LogP contribution in [0.2, 0.25) is 0 Å². The predicted octanol–water partition coefficient (Wildman–Crippen LogP) is 3.13.